The summed E-state index contributed by atoms with van der Waals surface area (Å²) in [5.41, 5.74) is 1.05. The molecule has 2 N–H and O–H groups in total. The Bertz CT molecular complexity index is 652. The molecule has 1 aromatic rings. The van der Waals surface area contributed by atoms with Crippen molar-refractivity contribution < 1.29 is 37.7 Å². The van der Waals surface area contributed by atoms with Gasteiger partial charge in [0.15, 0.2) is 0 Å². The largest absolute Gasteiger partial charge is 0.495 e. The fraction of sp³-hybridized carbons (Fsp3) is 0.529. The lowest BCUT2D eigenvalue weighted by molar-refractivity contribution is -0.192. The van der Waals surface area contributed by atoms with Crippen LogP contribution in [0.3, 0.4) is 0 Å². The molecule has 0 aromatic heterocycles. The number of benzene rings is 1. The molecule has 0 saturated carbocycles. The number of hydrogen-bond donors (Lipinski definition) is 2. The molecule has 1 aromatic carbocycles. The number of aliphatic hydroxyl groups is 1. The van der Waals surface area contributed by atoms with Crippen LogP contribution in [0.1, 0.15) is 13.8 Å². The van der Waals surface area contributed by atoms with E-state index in [0.29, 0.717) is 6.54 Å². The van der Waals surface area contributed by atoms with Gasteiger partial charge in [-0.25, -0.2) is 4.79 Å². The van der Waals surface area contributed by atoms with Crippen molar-refractivity contribution in [2.45, 2.75) is 32.2 Å². The van der Waals surface area contributed by atoms with Gasteiger partial charge in [0, 0.05) is 25.7 Å². The highest BCUT2D eigenvalue weighted by Crippen LogP contribution is 2.29. The van der Waals surface area contributed by atoms with Gasteiger partial charge in [0.2, 0.25) is 0 Å². The molecule has 1 heterocycles. The number of carboxylic acids is 1. The fourth-order valence-corrected chi connectivity index (χ4v) is 2.63. The molecule has 1 fully saturated rings. The molecular formula is C17H23F3N2O5. The molecule has 1 aliphatic rings. The number of anilines is 1. The number of aliphatic carboxylic acids is 1. The number of rotatable bonds is 3. The minimum absolute atomic E-state index is 0.0655. The zero-order valence-electron chi connectivity index (χ0n) is 15.2. The second kappa shape index (κ2) is 9.45. The standard InChI is InChI=1S/C15H22N2O3.C2HF3O2/c1-11-10-16(8-9-17(11)15(19)12(2)18)13-6-4-5-7-14(13)20-3;3-2(4,5)1(6)7/h4-7,11-12,18H,8-10H2,1-3H3;(H,6,7)/t11?,12-;/m1./s1. The van der Waals surface area contributed by atoms with Crippen molar-refractivity contribution in [2.24, 2.45) is 0 Å². The topological polar surface area (TPSA) is 90.3 Å². The molecule has 2 atom stereocenters. The second-order valence-corrected chi connectivity index (χ2v) is 5.98. The van der Waals surface area contributed by atoms with E-state index in [9.17, 15) is 23.1 Å². The van der Waals surface area contributed by atoms with Crippen LogP contribution in [0.15, 0.2) is 24.3 Å². The maximum Gasteiger partial charge on any atom is 0.490 e. The number of carbonyl (C=O) groups excluding carboxylic acids is 1. The van der Waals surface area contributed by atoms with Crippen molar-refractivity contribution in [3.63, 3.8) is 0 Å². The van der Waals surface area contributed by atoms with Crippen molar-refractivity contribution in [1.82, 2.24) is 4.90 Å². The summed E-state index contributed by atoms with van der Waals surface area (Å²) in [5, 5.41) is 16.6. The second-order valence-electron chi connectivity index (χ2n) is 5.98. The molecule has 152 valence electrons. The summed E-state index contributed by atoms with van der Waals surface area (Å²) in [6.07, 6.45) is -6.02. The van der Waals surface area contributed by atoms with E-state index < -0.39 is 18.2 Å². The molecule has 1 amide bonds. The van der Waals surface area contributed by atoms with Crippen LogP contribution in [0.4, 0.5) is 18.9 Å². The monoisotopic (exact) mass is 392 g/mol. The van der Waals surface area contributed by atoms with Crippen molar-refractivity contribution in [3.8, 4) is 5.75 Å². The average Bonchev–Trinajstić information content (AvgIpc) is 2.60. The first-order valence-electron chi connectivity index (χ1n) is 8.15. The van der Waals surface area contributed by atoms with Gasteiger partial charge < -0.3 is 24.7 Å². The Balaban J connectivity index is 0.000000445. The van der Waals surface area contributed by atoms with Crippen molar-refractivity contribution in [3.05, 3.63) is 24.3 Å². The van der Waals surface area contributed by atoms with Crippen molar-refractivity contribution in [2.75, 3.05) is 31.6 Å². The maximum atomic E-state index is 11.9. The highest BCUT2D eigenvalue weighted by Gasteiger charge is 2.38. The first kappa shape index (κ1) is 22.6. The number of carboxylic acid groups (broad SMARTS) is 1. The Labute approximate surface area is 154 Å². The third-order valence-electron chi connectivity index (χ3n) is 3.94. The number of halogens is 3. The summed E-state index contributed by atoms with van der Waals surface area (Å²) >= 11 is 0. The smallest absolute Gasteiger partial charge is 0.490 e. The summed E-state index contributed by atoms with van der Waals surface area (Å²) in [5.74, 6) is -2.11. The van der Waals surface area contributed by atoms with E-state index in [-0.39, 0.29) is 11.9 Å². The molecule has 0 aliphatic carbocycles. The van der Waals surface area contributed by atoms with Gasteiger partial charge >= 0.3 is 12.1 Å². The van der Waals surface area contributed by atoms with Gasteiger partial charge in [-0.15, -0.1) is 0 Å². The van der Waals surface area contributed by atoms with Crippen LogP contribution in [-0.2, 0) is 9.59 Å². The van der Waals surface area contributed by atoms with Crippen LogP contribution in [0.2, 0.25) is 0 Å². The van der Waals surface area contributed by atoms with Gasteiger partial charge in [-0.05, 0) is 26.0 Å². The molecule has 0 radical (unpaired) electrons. The number of ether oxygens (including phenoxy) is 1. The van der Waals surface area contributed by atoms with Crippen LogP contribution >= 0.6 is 0 Å². The lowest BCUT2D eigenvalue weighted by atomic mass is 10.1. The molecule has 10 heteroatoms. The molecule has 2 rings (SSSR count). The van der Waals surface area contributed by atoms with E-state index in [4.69, 9.17) is 14.6 Å². The number of para-hydroxylation sites is 2. The van der Waals surface area contributed by atoms with E-state index in [1.807, 2.05) is 31.2 Å². The van der Waals surface area contributed by atoms with Crippen LogP contribution in [0.5, 0.6) is 5.75 Å². The zero-order valence-corrected chi connectivity index (χ0v) is 15.2. The number of carbonyl (C=O) groups is 2. The number of amides is 1. The van der Waals surface area contributed by atoms with Gasteiger partial charge in [0.1, 0.15) is 11.9 Å². The average molecular weight is 392 g/mol. The maximum absolute atomic E-state index is 11.9. The van der Waals surface area contributed by atoms with Gasteiger partial charge in [0.25, 0.3) is 5.91 Å². The molecule has 1 aliphatic heterocycles. The van der Waals surface area contributed by atoms with Crippen molar-refractivity contribution >= 4 is 17.6 Å². The number of methoxy groups -OCH3 is 1. The Kier molecular flexibility index (Phi) is 7.89. The molecular weight excluding hydrogens is 369 g/mol. The normalized spacial score (nSPS) is 18.3. The van der Waals surface area contributed by atoms with Crippen LogP contribution in [0.25, 0.3) is 0 Å². The third kappa shape index (κ3) is 6.31. The van der Waals surface area contributed by atoms with Gasteiger partial charge in [-0.1, -0.05) is 12.1 Å². The number of hydrogen-bond acceptors (Lipinski definition) is 5. The van der Waals surface area contributed by atoms with Crippen LogP contribution < -0.4 is 9.64 Å². The Morgan fingerprint density at radius 1 is 1.26 bits per heavy atom. The quantitative estimate of drug-likeness (QED) is 0.815. The predicted octanol–water partition coefficient (Wildman–Crippen LogP) is 1.75. The van der Waals surface area contributed by atoms with Gasteiger partial charge in [-0.3, -0.25) is 4.79 Å². The summed E-state index contributed by atoms with van der Waals surface area (Å²) in [6, 6.07) is 7.95. The van der Waals surface area contributed by atoms with Gasteiger partial charge in [0.05, 0.1) is 12.8 Å². The SMILES string of the molecule is COc1ccccc1N1CCN(C(=O)[C@@H](C)O)C(C)C1.O=C(O)C(F)(F)F. The van der Waals surface area contributed by atoms with Crippen LogP contribution in [0, 0.1) is 0 Å². The van der Waals surface area contributed by atoms with E-state index in [0.717, 1.165) is 24.5 Å². The number of aliphatic hydroxyl groups excluding tert-OH is 1. The summed E-state index contributed by atoms with van der Waals surface area (Å²) in [7, 11) is 1.66. The first-order valence-corrected chi connectivity index (χ1v) is 8.15. The van der Waals surface area contributed by atoms with Crippen molar-refractivity contribution in [1.29, 1.82) is 0 Å². The first-order chi connectivity index (χ1) is 12.5. The van der Waals surface area contributed by atoms with E-state index in [1.165, 1.54) is 6.92 Å². The lowest BCUT2D eigenvalue weighted by Crippen LogP contribution is -2.56. The third-order valence-corrected chi connectivity index (χ3v) is 3.94. The van der Waals surface area contributed by atoms with Gasteiger partial charge in [-0.2, -0.15) is 13.2 Å². The number of piperazine rings is 1. The molecule has 7 nitrogen and oxygen atoms in total. The highest BCUT2D eigenvalue weighted by atomic mass is 19.4. The molecule has 1 saturated heterocycles. The summed E-state index contributed by atoms with van der Waals surface area (Å²) < 4.78 is 37.1. The molecule has 0 bridgehead atoms. The number of alkyl halides is 3. The highest BCUT2D eigenvalue weighted by molar-refractivity contribution is 5.81. The molecule has 0 spiro atoms. The van der Waals surface area contributed by atoms with E-state index in [1.54, 1.807) is 12.0 Å². The van der Waals surface area contributed by atoms with E-state index >= 15 is 0 Å². The minimum atomic E-state index is -5.08. The Hall–Kier alpha value is -2.49. The summed E-state index contributed by atoms with van der Waals surface area (Å²) in [6.45, 7) is 5.61. The summed E-state index contributed by atoms with van der Waals surface area (Å²) in [4.78, 5) is 24.8. The number of nitrogens with zero attached hydrogens (tertiary/aromatic N) is 2. The predicted molar refractivity (Wildman–Crippen MR) is 91.8 cm³/mol. The van der Waals surface area contributed by atoms with Crippen LogP contribution in [-0.4, -0.2) is 72.1 Å². The zero-order chi connectivity index (χ0) is 20.8. The fourth-order valence-electron chi connectivity index (χ4n) is 2.63. The van der Waals surface area contributed by atoms with E-state index in [2.05, 4.69) is 4.90 Å². The Morgan fingerprint density at radius 2 is 1.81 bits per heavy atom. The lowest BCUT2D eigenvalue weighted by Gasteiger charge is -2.41. The minimum Gasteiger partial charge on any atom is -0.495 e. The Morgan fingerprint density at radius 3 is 2.26 bits per heavy atom. The molecule has 27 heavy (non-hydrogen) atoms. The molecule has 1 unspecified atom stereocenters.